The van der Waals surface area contributed by atoms with E-state index in [-0.39, 0.29) is 11.8 Å². The van der Waals surface area contributed by atoms with Gasteiger partial charge >= 0.3 is 6.03 Å². The third-order valence-electron chi connectivity index (χ3n) is 3.08. The highest BCUT2D eigenvalue weighted by Crippen LogP contribution is 2.15. The minimum absolute atomic E-state index is 0.258. The lowest BCUT2D eigenvalue weighted by atomic mass is 10.1. The van der Waals surface area contributed by atoms with Crippen LogP contribution in [0.1, 0.15) is 5.56 Å². The Morgan fingerprint density at radius 2 is 1.65 bits per heavy atom. The molecule has 0 radical (unpaired) electrons. The average molecular weight is 337 g/mol. The van der Waals surface area contributed by atoms with Crippen molar-refractivity contribution >= 4 is 17.6 Å². The Hall–Kier alpha value is -2.27. The molecule has 2 amide bonds. The number of hydrogen-bond acceptors (Lipinski definition) is 2. The molecule has 0 saturated heterocycles. The Balaban J connectivity index is 1.56. The standard InChI is InChI=1S/C17H18ClFN2O2/c18-14-3-7-16(8-4-14)23-12-11-21-17(22)20-10-9-13-1-5-15(19)6-2-13/h1-8H,9-12H2,(H2,20,21,22). The predicted molar refractivity (Wildman–Crippen MR) is 88.5 cm³/mol. The van der Waals surface area contributed by atoms with Crippen LogP contribution in [0.2, 0.25) is 5.02 Å². The van der Waals surface area contributed by atoms with Crippen LogP contribution < -0.4 is 15.4 Å². The second kappa shape index (κ2) is 9.00. The largest absolute Gasteiger partial charge is 0.492 e. The average Bonchev–Trinajstić information content (AvgIpc) is 2.55. The molecule has 0 aliphatic heterocycles. The van der Waals surface area contributed by atoms with Crippen molar-refractivity contribution in [3.8, 4) is 5.75 Å². The number of rotatable bonds is 7. The van der Waals surface area contributed by atoms with Gasteiger partial charge in [-0.05, 0) is 48.4 Å². The molecule has 23 heavy (non-hydrogen) atoms. The SMILES string of the molecule is O=C(NCCOc1ccc(Cl)cc1)NCCc1ccc(F)cc1. The lowest BCUT2D eigenvalue weighted by Crippen LogP contribution is -2.38. The van der Waals surface area contributed by atoms with Crippen molar-refractivity contribution in [2.24, 2.45) is 0 Å². The van der Waals surface area contributed by atoms with Crippen LogP contribution in [0, 0.1) is 5.82 Å². The van der Waals surface area contributed by atoms with E-state index in [0.29, 0.717) is 36.9 Å². The van der Waals surface area contributed by atoms with E-state index in [1.165, 1.54) is 12.1 Å². The molecule has 0 saturated carbocycles. The van der Waals surface area contributed by atoms with Gasteiger partial charge in [-0.3, -0.25) is 0 Å². The summed E-state index contributed by atoms with van der Waals surface area (Å²) in [6, 6.07) is 13.0. The van der Waals surface area contributed by atoms with Crippen LogP contribution >= 0.6 is 11.6 Å². The van der Waals surface area contributed by atoms with Gasteiger partial charge in [-0.15, -0.1) is 0 Å². The zero-order valence-electron chi connectivity index (χ0n) is 12.5. The van der Waals surface area contributed by atoms with Gasteiger partial charge < -0.3 is 15.4 Å². The minimum atomic E-state index is -0.264. The molecule has 0 spiro atoms. The molecule has 122 valence electrons. The number of urea groups is 1. The van der Waals surface area contributed by atoms with Gasteiger partial charge in [0, 0.05) is 11.6 Å². The van der Waals surface area contributed by atoms with E-state index >= 15 is 0 Å². The van der Waals surface area contributed by atoms with Crippen LogP contribution in [0.25, 0.3) is 0 Å². The number of nitrogens with one attached hydrogen (secondary N) is 2. The molecule has 0 aliphatic rings. The number of carbonyl (C=O) groups excluding carboxylic acids is 1. The number of halogens is 2. The first-order valence-electron chi connectivity index (χ1n) is 7.28. The molecule has 0 aromatic heterocycles. The van der Waals surface area contributed by atoms with Gasteiger partial charge in [-0.25, -0.2) is 9.18 Å². The summed E-state index contributed by atoms with van der Waals surface area (Å²) in [7, 11) is 0. The number of amides is 2. The van der Waals surface area contributed by atoms with Crippen LogP contribution in [0.5, 0.6) is 5.75 Å². The zero-order chi connectivity index (χ0) is 16.5. The first-order chi connectivity index (χ1) is 11.1. The van der Waals surface area contributed by atoms with E-state index < -0.39 is 0 Å². The lowest BCUT2D eigenvalue weighted by Gasteiger charge is -2.09. The molecular formula is C17H18ClFN2O2. The maximum atomic E-state index is 12.8. The summed E-state index contributed by atoms with van der Waals surface area (Å²) in [4.78, 5) is 11.6. The van der Waals surface area contributed by atoms with Gasteiger partial charge in [0.15, 0.2) is 0 Å². The fourth-order valence-corrected chi connectivity index (χ4v) is 2.02. The third-order valence-corrected chi connectivity index (χ3v) is 3.33. The van der Waals surface area contributed by atoms with Gasteiger partial charge in [0.2, 0.25) is 0 Å². The molecule has 4 nitrogen and oxygen atoms in total. The molecule has 0 heterocycles. The molecule has 2 N–H and O–H groups in total. The predicted octanol–water partition coefficient (Wildman–Crippen LogP) is 3.40. The van der Waals surface area contributed by atoms with Gasteiger partial charge in [-0.2, -0.15) is 0 Å². The molecule has 0 fully saturated rings. The maximum absolute atomic E-state index is 12.8. The van der Waals surface area contributed by atoms with Crippen LogP contribution in [0.4, 0.5) is 9.18 Å². The number of benzene rings is 2. The van der Waals surface area contributed by atoms with E-state index in [2.05, 4.69) is 10.6 Å². The highest BCUT2D eigenvalue weighted by atomic mass is 35.5. The van der Waals surface area contributed by atoms with Crippen LogP contribution in [0.15, 0.2) is 48.5 Å². The molecule has 6 heteroatoms. The molecule has 0 atom stereocenters. The Labute approximate surface area is 139 Å². The summed E-state index contributed by atoms with van der Waals surface area (Å²) in [5.74, 6) is 0.438. The number of carbonyl (C=O) groups is 1. The topological polar surface area (TPSA) is 50.4 Å². The van der Waals surface area contributed by atoms with Gasteiger partial charge in [0.25, 0.3) is 0 Å². The number of hydrogen-bond donors (Lipinski definition) is 2. The normalized spacial score (nSPS) is 10.2. The van der Waals surface area contributed by atoms with Crippen molar-refractivity contribution in [1.29, 1.82) is 0 Å². The van der Waals surface area contributed by atoms with Crippen LogP contribution in [-0.2, 0) is 6.42 Å². The quantitative estimate of drug-likeness (QED) is 0.761. The molecule has 0 unspecified atom stereocenters. The second-order valence-corrected chi connectivity index (χ2v) is 5.30. The summed E-state index contributed by atoms with van der Waals surface area (Å²) in [5.41, 5.74) is 0.970. The molecule has 2 aromatic rings. The van der Waals surface area contributed by atoms with Crippen molar-refractivity contribution < 1.29 is 13.9 Å². The summed E-state index contributed by atoms with van der Waals surface area (Å²) in [5, 5.41) is 6.08. The first-order valence-corrected chi connectivity index (χ1v) is 7.66. The summed E-state index contributed by atoms with van der Waals surface area (Å²) in [6.45, 7) is 1.24. The summed E-state index contributed by atoms with van der Waals surface area (Å²) in [6.07, 6.45) is 0.648. The highest BCUT2D eigenvalue weighted by Gasteiger charge is 2.00. The Bertz CT molecular complexity index is 617. The number of ether oxygens (including phenoxy) is 1. The molecule has 2 aromatic carbocycles. The molecule has 2 rings (SSSR count). The minimum Gasteiger partial charge on any atom is -0.492 e. The van der Waals surface area contributed by atoms with E-state index in [1.807, 2.05) is 0 Å². The van der Waals surface area contributed by atoms with Crippen molar-refractivity contribution in [1.82, 2.24) is 10.6 Å². The molecule has 0 bridgehead atoms. The Morgan fingerprint density at radius 3 is 2.35 bits per heavy atom. The van der Waals surface area contributed by atoms with E-state index in [0.717, 1.165) is 5.56 Å². The maximum Gasteiger partial charge on any atom is 0.314 e. The van der Waals surface area contributed by atoms with Crippen molar-refractivity contribution in [3.05, 3.63) is 64.9 Å². The van der Waals surface area contributed by atoms with E-state index in [4.69, 9.17) is 16.3 Å². The zero-order valence-corrected chi connectivity index (χ0v) is 13.3. The van der Waals surface area contributed by atoms with Crippen molar-refractivity contribution in [2.75, 3.05) is 19.7 Å². The van der Waals surface area contributed by atoms with Gasteiger partial charge in [0.1, 0.15) is 18.2 Å². The fourth-order valence-electron chi connectivity index (χ4n) is 1.90. The Morgan fingerprint density at radius 1 is 1.00 bits per heavy atom. The van der Waals surface area contributed by atoms with Crippen molar-refractivity contribution in [2.45, 2.75) is 6.42 Å². The second-order valence-electron chi connectivity index (χ2n) is 4.86. The van der Waals surface area contributed by atoms with E-state index in [9.17, 15) is 9.18 Å². The fraction of sp³-hybridized carbons (Fsp3) is 0.235. The van der Waals surface area contributed by atoms with Gasteiger partial charge in [-0.1, -0.05) is 23.7 Å². The highest BCUT2D eigenvalue weighted by molar-refractivity contribution is 6.30. The summed E-state index contributed by atoms with van der Waals surface area (Å²) < 4.78 is 18.2. The summed E-state index contributed by atoms with van der Waals surface area (Å²) >= 11 is 5.78. The lowest BCUT2D eigenvalue weighted by molar-refractivity contribution is 0.236. The van der Waals surface area contributed by atoms with E-state index in [1.54, 1.807) is 36.4 Å². The van der Waals surface area contributed by atoms with Gasteiger partial charge in [0.05, 0.1) is 6.54 Å². The van der Waals surface area contributed by atoms with Crippen LogP contribution in [0.3, 0.4) is 0 Å². The Kier molecular flexibility index (Phi) is 6.69. The van der Waals surface area contributed by atoms with Crippen LogP contribution in [-0.4, -0.2) is 25.7 Å². The van der Waals surface area contributed by atoms with Crippen molar-refractivity contribution in [3.63, 3.8) is 0 Å². The molecular weight excluding hydrogens is 319 g/mol. The third kappa shape index (κ3) is 6.57. The monoisotopic (exact) mass is 336 g/mol. The smallest absolute Gasteiger partial charge is 0.314 e. The molecule has 0 aliphatic carbocycles. The first kappa shape index (κ1) is 17.1.